The molecule has 1 saturated carbocycles. The molecule has 4 aliphatic rings. The maximum absolute atomic E-state index is 6.36. The number of nitrogens with zero attached hydrogens (tertiary/aromatic N) is 1. The van der Waals surface area contributed by atoms with Crippen LogP contribution < -0.4 is 0 Å². The van der Waals surface area contributed by atoms with Gasteiger partial charge in [-0.25, -0.2) is 0 Å². The molecule has 0 N–H and O–H groups in total. The summed E-state index contributed by atoms with van der Waals surface area (Å²) in [4.78, 5) is 2.59. The Morgan fingerprint density at radius 2 is 1.88 bits per heavy atom. The third-order valence-electron chi connectivity index (χ3n) is 5.82. The highest BCUT2D eigenvalue weighted by Gasteiger charge is 2.59. The van der Waals surface area contributed by atoms with Crippen LogP contribution in [0.2, 0.25) is 0 Å². The third-order valence-corrected chi connectivity index (χ3v) is 5.82. The lowest BCUT2D eigenvalue weighted by Gasteiger charge is -2.46. The fraction of sp³-hybridized carbons (Fsp3) is 0.700. The van der Waals surface area contributed by atoms with Crippen LogP contribution in [0.5, 0.6) is 0 Å². The van der Waals surface area contributed by atoms with Crippen molar-refractivity contribution in [3.63, 3.8) is 0 Å². The van der Waals surface area contributed by atoms with Gasteiger partial charge < -0.3 is 18.9 Å². The Labute approximate surface area is 149 Å². The molecule has 3 saturated heterocycles. The van der Waals surface area contributed by atoms with Gasteiger partial charge in [0.25, 0.3) is 0 Å². The van der Waals surface area contributed by atoms with E-state index in [1.807, 2.05) is 32.0 Å². The van der Waals surface area contributed by atoms with Gasteiger partial charge in [0.15, 0.2) is 12.1 Å². The number of hydrogen-bond donors (Lipinski definition) is 0. The zero-order chi connectivity index (χ0) is 17.0. The summed E-state index contributed by atoms with van der Waals surface area (Å²) < 4.78 is 24.8. The predicted molar refractivity (Wildman–Crippen MR) is 91.9 cm³/mol. The summed E-state index contributed by atoms with van der Waals surface area (Å²) in [7, 11) is 0. The van der Waals surface area contributed by atoms with Crippen LogP contribution in [-0.4, -0.2) is 53.9 Å². The largest absolute Gasteiger partial charge is 0.368 e. The standard InChI is InChI=1S/C20H27NO4/c1-20(2)24-18-17(22-12-13-6-4-3-5-7-13)16(23-19(18)25-20)15-10-11-21(15)14-8-9-14/h3-7,14-19H,8-12H2,1-2H3/t15-,16-,17+,18-,19-/m1/s1. The minimum absolute atomic E-state index is 0.0316. The first-order valence-corrected chi connectivity index (χ1v) is 9.53. The zero-order valence-corrected chi connectivity index (χ0v) is 15.0. The minimum Gasteiger partial charge on any atom is -0.368 e. The summed E-state index contributed by atoms with van der Waals surface area (Å²) >= 11 is 0. The Morgan fingerprint density at radius 1 is 1.08 bits per heavy atom. The van der Waals surface area contributed by atoms with Crippen molar-refractivity contribution in [2.24, 2.45) is 0 Å². The molecule has 0 aromatic heterocycles. The average molecular weight is 345 g/mol. The molecule has 0 amide bonds. The predicted octanol–water partition coefficient (Wildman–Crippen LogP) is 2.68. The number of rotatable bonds is 5. The fourth-order valence-corrected chi connectivity index (χ4v) is 4.41. The molecule has 1 aromatic rings. The number of ether oxygens (including phenoxy) is 4. The van der Waals surface area contributed by atoms with Crippen molar-refractivity contribution in [2.75, 3.05) is 6.54 Å². The van der Waals surface area contributed by atoms with Crippen LogP contribution in [0, 0.1) is 0 Å². The molecule has 0 bridgehead atoms. The quantitative estimate of drug-likeness (QED) is 0.821. The molecular weight excluding hydrogens is 318 g/mol. The van der Waals surface area contributed by atoms with Gasteiger partial charge in [0, 0.05) is 18.6 Å². The van der Waals surface area contributed by atoms with E-state index >= 15 is 0 Å². The lowest BCUT2D eigenvalue weighted by atomic mass is 9.92. The van der Waals surface area contributed by atoms with Crippen molar-refractivity contribution >= 4 is 0 Å². The van der Waals surface area contributed by atoms with E-state index in [0.29, 0.717) is 12.6 Å². The van der Waals surface area contributed by atoms with Gasteiger partial charge in [-0.1, -0.05) is 30.3 Å². The van der Waals surface area contributed by atoms with Gasteiger partial charge in [0.05, 0.1) is 6.61 Å². The average Bonchev–Trinajstić information content (AvgIpc) is 3.25. The van der Waals surface area contributed by atoms with Crippen LogP contribution in [0.4, 0.5) is 0 Å². The summed E-state index contributed by atoms with van der Waals surface area (Å²) in [6.45, 7) is 5.65. The molecule has 5 nitrogen and oxygen atoms in total. The van der Waals surface area contributed by atoms with Gasteiger partial charge >= 0.3 is 0 Å². The summed E-state index contributed by atoms with van der Waals surface area (Å²) in [5, 5.41) is 0. The third kappa shape index (κ3) is 3.02. The van der Waals surface area contributed by atoms with Gasteiger partial charge in [0.2, 0.25) is 0 Å². The topological polar surface area (TPSA) is 40.2 Å². The van der Waals surface area contributed by atoms with E-state index in [0.717, 1.165) is 6.04 Å². The van der Waals surface area contributed by atoms with E-state index in [2.05, 4.69) is 17.0 Å². The van der Waals surface area contributed by atoms with Crippen molar-refractivity contribution in [3.05, 3.63) is 35.9 Å². The second kappa shape index (κ2) is 6.03. The summed E-state index contributed by atoms with van der Waals surface area (Å²) in [6, 6.07) is 11.5. The highest BCUT2D eigenvalue weighted by atomic mass is 16.8. The number of hydrogen-bond acceptors (Lipinski definition) is 5. The van der Waals surface area contributed by atoms with Crippen molar-refractivity contribution in [1.82, 2.24) is 4.90 Å². The minimum atomic E-state index is -0.607. The first-order valence-electron chi connectivity index (χ1n) is 9.53. The second-order valence-corrected chi connectivity index (χ2v) is 8.16. The Kier molecular flexibility index (Phi) is 3.91. The highest BCUT2D eigenvalue weighted by molar-refractivity contribution is 5.14. The fourth-order valence-electron chi connectivity index (χ4n) is 4.41. The molecule has 0 unspecified atom stereocenters. The molecule has 3 aliphatic heterocycles. The lowest BCUT2D eigenvalue weighted by molar-refractivity contribution is -0.232. The molecular formula is C20H27NO4. The number of fused-ring (bicyclic) bond motifs is 1. The first kappa shape index (κ1) is 16.2. The maximum atomic E-state index is 6.36. The van der Waals surface area contributed by atoms with Gasteiger partial charge in [-0.15, -0.1) is 0 Å². The molecule has 1 aliphatic carbocycles. The monoisotopic (exact) mass is 345 g/mol. The Balaban J connectivity index is 1.33. The Morgan fingerprint density at radius 3 is 2.56 bits per heavy atom. The number of benzene rings is 1. The van der Waals surface area contributed by atoms with Gasteiger partial charge in [-0.3, -0.25) is 4.90 Å². The number of likely N-dealkylation sites (tertiary alicyclic amines) is 1. The van der Waals surface area contributed by atoms with E-state index in [-0.39, 0.29) is 24.6 Å². The van der Waals surface area contributed by atoms with E-state index < -0.39 is 5.79 Å². The molecule has 0 spiro atoms. The van der Waals surface area contributed by atoms with Crippen LogP contribution in [0.1, 0.15) is 38.7 Å². The van der Waals surface area contributed by atoms with Crippen LogP contribution in [0.25, 0.3) is 0 Å². The van der Waals surface area contributed by atoms with Crippen molar-refractivity contribution < 1.29 is 18.9 Å². The molecule has 5 heteroatoms. The first-order chi connectivity index (χ1) is 12.1. The van der Waals surface area contributed by atoms with Crippen molar-refractivity contribution in [2.45, 2.75) is 82.2 Å². The molecule has 1 aromatic carbocycles. The molecule has 136 valence electrons. The molecule has 25 heavy (non-hydrogen) atoms. The van der Waals surface area contributed by atoms with Gasteiger partial charge in [-0.2, -0.15) is 0 Å². The van der Waals surface area contributed by atoms with Crippen molar-refractivity contribution in [1.29, 1.82) is 0 Å². The van der Waals surface area contributed by atoms with Gasteiger partial charge in [0.1, 0.15) is 18.3 Å². The zero-order valence-electron chi connectivity index (χ0n) is 15.0. The molecule has 0 radical (unpaired) electrons. The van der Waals surface area contributed by atoms with E-state index in [9.17, 15) is 0 Å². The van der Waals surface area contributed by atoms with Gasteiger partial charge in [-0.05, 0) is 38.7 Å². The van der Waals surface area contributed by atoms with E-state index in [1.165, 1.54) is 31.4 Å². The summed E-state index contributed by atoms with van der Waals surface area (Å²) in [5.74, 6) is -0.607. The van der Waals surface area contributed by atoms with Crippen molar-refractivity contribution in [3.8, 4) is 0 Å². The second-order valence-electron chi connectivity index (χ2n) is 8.16. The van der Waals surface area contributed by atoms with Crippen LogP contribution in [0.15, 0.2) is 30.3 Å². The van der Waals surface area contributed by atoms with E-state index in [4.69, 9.17) is 18.9 Å². The normalized spacial score (nSPS) is 40.0. The van der Waals surface area contributed by atoms with Crippen LogP contribution in [0.3, 0.4) is 0 Å². The smallest absolute Gasteiger partial charge is 0.190 e. The molecule has 4 fully saturated rings. The highest BCUT2D eigenvalue weighted by Crippen LogP contribution is 2.44. The molecule has 5 atom stereocenters. The maximum Gasteiger partial charge on any atom is 0.190 e. The lowest BCUT2D eigenvalue weighted by Crippen LogP contribution is -2.58. The van der Waals surface area contributed by atoms with Crippen LogP contribution in [-0.2, 0) is 25.6 Å². The Hall–Kier alpha value is -0.980. The Bertz CT molecular complexity index is 617. The SMILES string of the molecule is CC1(C)O[C@H]2O[C@H]([C@H]3CCN3C3CC3)[C@H](OCc3ccccc3)[C@H]2O1. The molecule has 3 heterocycles. The summed E-state index contributed by atoms with van der Waals surface area (Å²) in [5.41, 5.74) is 1.18. The molecule has 5 rings (SSSR count). The van der Waals surface area contributed by atoms with Crippen LogP contribution >= 0.6 is 0 Å². The summed E-state index contributed by atoms with van der Waals surface area (Å²) in [6.07, 6.45) is 3.31. The van der Waals surface area contributed by atoms with E-state index in [1.54, 1.807) is 0 Å².